The van der Waals surface area contributed by atoms with Crippen LogP contribution in [0.1, 0.15) is 41.4 Å². The van der Waals surface area contributed by atoms with Gasteiger partial charge in [0.05, 0.1) is 28.1 Å². The van der Waals surface area contributed by atoms with Crippen LogP contribution in [0.3, 0.4) is 0 Å². The molecule has 1 fully saturated rings. The molecule has 0 N–H and O–H groups in total. The number of fused-ring (bicyclic) bond motifs is 5. The Morgan fingerprint density at radius 1 is 1.06 bits per heavy atom. The van der Waals surface area contributed by atoms with E-state index in [1.165, 1.54) is 4.90 Å². The Bertz CT molecular complexity index is 1560. The van der Waals surface area contributed by atoms with E-state index in [0.29, 0.717) is 24.2 Å². The summed E-state index contributed by atoms with van der Waals surface area (Å²) in [6.45, 7) is 2.34. The van der Waals surface area contributed by atoms with Crippen molar-refractivity contribution in [1.29, 1.82) is 0 Å². The first-order chi connectivity index (χ1) is 16.3. The number of benzene rings is 2. The number of carbonyl (C=O) groups is 2. The summed E-state index contributed by atoms with van der Waals surface area (Å²) in [7, 11) is -3.38. The fraction of sp³-hybridized carbons (Fsp3) is 0.320. The second-order valence-electron chi connectivity index (χ2n) is 9.05. The Labute approximate surface area is 195 Å². The van der Waals surface area contributed by atoms with Crippen molar-refractivity contribution in [1.82, 2.24) is 4.90 Å². The van der Waals surface area contributed by atoms with Crippen LogP contribution in [0.25, 0.3) is 11.0 Å². The second kappa shape index (κ2) is 7.02. The molecule has 3 aromatic rings. The van der Waals surface area contributed by atoms with Gasteiger partial charge in [0.1, 0.15) is 5.58 Å². The Balaban J connectivity index is 1.73. The van der Waals surface area contributed by atoms with E-state index in [1.54, 1.807) is 53.4 Å². The SMILES string of the molecule is CCCN1C(=O)[C@]2(c3ccccc31)c1c(oc3ccccc3c1=O)C(=O)N2[C@H]1CCS(=O)(=O)C1. The van der Waals surface area contributed by atoms with Crippen LogP contribution in [0.15, 0.2) is 57.7 Å². The molecule has 4 heterocycles. The van der Waals surface area contributed by atoms with Crippen molar-refractivity contribution in [2.75, 3.05) is 23.0 Å². The van der Waals surface area contributed by atoms with Gasteiger partial charge < -0.3 is 14.2 Å². The molecule has 0 aliphatic carbocycles. The molecule has 3 aliphatic heterocycles. The van der Waals surface area contributed by atoms with Crippen LogP contribution in [-0.2, 0) is 20.2 Å². The van der Waals surface area contributed by atoms with Crippen molar-refractivity contribution in [3.63, 3.8) is 0 Å². The number of carbonyl (C=O) groups excluding carboxylic acids is 2. The van der Waals surface area contributed by atoms with Crippen molar-refractivity contribution in [2.45, 2.75) is 31.3 Å². The van der Waals surface area contributed by atoms with E-state index < -0.39 is 38.7 Å². The molecule has 0 bridgehead atoms. The highest BCUT2D eigenvalue weighted by Gasteiger charge is 2.66. The summed E-state index contributed by atoms with van der Waals surface area (Å²) < 4.78 is 30.8. The van der Waals surface area contributed by atoms with Gasteiger partial charge in [-0.1, -0.05) is 37.3 Å². The van der Waals surface area contributed by atoms with Gasteiger partial charge in [0.2, 0.25) is 5.76 Å². The quantitative estimate of drug-likeness (QED) is 0.573. The summed E-state index contributed by atoms with van der Waals surface area (Å²) in [4.78, 5) is 45.0. The largest absolute Gasteiger partial charge is 0.450 e. The van der Waals surface area contributed by atoms with E-state index in [4.69, 9.17) is 4.42 Å². The van der Waals surface area contributed by atoms with E-state index in [0.717, 1.165) is 0 Å². The molecule has 9 heteroatoms. The van der Waals surface area contributed by atoms with Gasteiger partial charge in [-0.05, 0) is 31.0 Å². The average Bonchev–Trinajstić information content (AvgIpc) is 3.39. The molecule has 34 heavy (non-hydrogen) atoms. The van der Waals surface area contributed by atoms with Crippen LogP contribution in [0, 0.1) is 0 Å². The number of hydrogen-bond acceptors (Lipinski definition) is 6. The lowest BCUT2D eigenvalue weighted by Crippen LogP contribution is -2.57. The topological polar surface area (TPSA) is 105 Å². The van der Waals surface area contributed by atoms with Crippen molar-refractivity contribution in [2.24, 2.45) is 0 Å². The van der Waals surface area contributed by atoms with Crippen molar-refractivity contribution in [3.05, 3.63) is 75.6 Å². The molecular formula is C25H22N2O6S. The van der Waals surface area contributed by atoms with E-state index in [9.17, 15) is 22.8 Å². The fourth-order valence-corrected chi connectivity index (χ4v) is 7.48. The highest BCUT2D eigenvalue weighted by atomic mass is 32.2. The Hall–Kier alpha value is -3.46. The van der Waals surface area contributed by atoms with Crippen LogP contribution in [0.5, 0.6) is 0 Å². The predicted octanol–water partition coefficient (Wildman–Crippen LogP) is 2.44. The third kappa shape index (κ3) is 2.53. The van der Waals surface area contributed by atoms with Gasteiger partial charge in [-0.25, -0.2) is 8.42 Å². The highest BCUT2D eigenvalue weighted by Crippen LogP contribution is 2.54. The van der Waals surface area contributed by atoms with Gasteiger partial charge in [0.15, 0.2) is 20.8 Å². The first kappa shape index (κ1) is 21.1. The van der Waals surface area contributed by atoms with Crippen LogP contribution in [-0.4, -0.2) is 49.2 Å². The van der Waals surface area contributed by atoms with E-state index in [1.807, 2.05) is 6.92 Å². The first-order valence-corrected chi connectivity index (χ1v) is 13.1. The standard InChI is InChI=1S/C25H22N2O6S/c1-2-12-26-18-9-5-4-8-17(18)25(24(26)30)20-21(28)16-7-3-6-10-19(16)33-22(20)23(29)27(25)15-11-13-34(31,32)14-15/h3-10,15H,2,11-14H2,1H3/t15-,25-/m0/s1. The smallest absolute Gasteiger partial charge is 0.291 e. The predicted molar refractivity (Wildman–Crippen MR) is 126 cm³/mol. The third-order valence-electron chi connectivity index (χ3n) is 7.09. The normalized spacial score (nSPS) is 24.9. The first-order valence-electron chi connectivity index (χ1n) is 11.3. The molecule has 0 radical (unpaired) electrons. The van der Waals surface area contributed by atoms with E-state index >= 15 is 0 Å². The fourth-order valence-electron chi connectivity index (χ4n) is 5.78. The monoisotopic (exact) mass is 478 g/mol. The summed E-state index contributed by atoms with van der Waals surface area (Å²) in [5, 5.41) is 0.272. The summed E-state index contributed by atoms with van der Waals surface area (Å²) in [6.07, 6.45) is 0.863. The Kier molecular flexibility index (Phi) is 4.36. The van der Waals surface area contributed by atoms with Gasteiger partial charge in [-0.15, -0.1) is 0 Å². The minimum Gasteiger partial charge on any atom is -0.450 e. The maximum Gasteiger partial charge on any atom is 0.291 e. The molecule has 0 saturated carbocycles. The molecule has 1 saturated heterocycles. The minimum atomic E-state index is -3.38. The van der Waals surface area contributed by atoms with E-state index in [-0.39, 0.29) is 40.2 Å². The molecule has 174 valence electrons. The van der Waals surface area contributed by atoms with Crippen LogP contribution >= 0.6 is 0 Å². The van der Waals surface area contributed by atoms with Crippen molar-refractivity contribution in [3.8, 4) is 0 Å². The number of nitrogens with zero attached hydrogens (tertiary/aromatic N) is 2. The van der Waals surface area contributed by atoms with Crippen LogP contribution in [0.4, 0.5) is 5.69 Å². The minimum absolute atomic E-state index is 0.0171. The maximum atomic E-state index is 14.3. The number of rotatable bonds is 3. The zero-order valence-corrected chi connectivity index (χ0v) is 19.3. The zero-order valence-electron chi connectivity index (χ0n) is 18.5. The van der Waals surface area contributed by atoms with Gasteiger partial charge in [0.25, 0.3) is 11.8 Å². The molecule has 2 aromatic carbocycles. The zero-order chi connectivity index (χ0) is 23.8. The maximum absolute atomic E-state index is 14.3. The molecule has 8 nitrogen and oxygen atoms in total. The molecule has 2 amide bonds. The third-order valence-corrected chi connectivity index (χ3v) is 8.84. The number of sulfone groups is 1. The highest BCUT2D eigenvalue weighted by molar-refractivity contribution is 7.91. The van der Waals surface area contributed by atoms with Crippen molar-refractivity contribution < 1.29 is 22.4 Å². The lowest BCUT2D eigenvalue weighted by atomic mass is 9.83. The van der Waals surface area contributed by atoms with Crippen LogP contribution in [0.2, 0.25) is 0 Å². The molecular weight excluding hydrogens is 456 g/mol. The molecule has 6 rings (SSSR count). The summed E-state index contributed by atoms with van der Waals surface area (Å²) in [6, 6.07) is 13.0. The lowest BCUT2D eigenvalue weighted by Gasteiger charge is -2.37. The summed E-state index contributed by atoms with van der Waals surface area (Å²) >= 11 is 0. The number of amides is 2. The van der Waals surface area contributed by atoms with Gasteiger partial charge in [0, 0.05) is 18.2 Å². The summed E-state index contributed by atoms with van der Waals surface area (Å²) in [5.74, 6) is -1.57. The molecule has 2 atom stereocenters. The van der Waals surface area contributed by atoms with Gasteiger partial charge >= 0.3 is 0 Å². The van der Waals surface area contributed by atoms with Crippen molar-refractivity contribution >= 4 is 38.3 Å². The van der Waals surface area contributed by atoms with E-state index in [2.05, 4.69) is 0 Å². The second-order valence-corrected chi connectivity index (χ2v) is 11.3. The number of hydrogen-bond donors (Lipinski definition) is 0. The number of para-hydroxylation sites is 2. The number of anilines is 1. The molecule has 0 unspecified atom stereocenters. The summed E-state index contributed by atoms with van der Waals surface area (Å²) in [5.41, 5.74) is -0.847. The molecule has 1 aromatic heterocycles. The molecule has 1 spiro atoms. The van der Waals surface area contributed by atoms with Crippen LogP contribution < -0.4 is 10.3 Å². The Morgan fingerprint density at radius 2 is 1.79 bits per heavy atom. The molecule has 3 aliphatic rings. The van der Waals surface area contributed by atoms with Gasteiger partial charge in [-0.3, -0.25) is 14.4 Å². The lowest BCUT2D eigenvalue weighted by molar-refractivity contribution is -0.126. The van der Waals surface area contributed by atoms with Gasteiger partial charge in [-0.2, -0.15) is 0 Å². The Morgan fingerprint density at radius 3 is 2.53 bits per heavy atom. The average molecular weight is 479 g/mol.